The second kappa shape index (κ2) is 9.75. The van der Waals surface area contributed by atoms with Crippen molar-refractivity contribution in [1.82, 2.24) is 5.32 Å². The summed E-state index contributed by atoms with van der Waals surface area (Å²) in [6, 6.07) is 9.83. The van der Waals surface area contributed by atoms with Gasteiger partial charge in [-0.2, -0.15) is 0 Å². The molecule has 8 heteroatoms. The Morgan fingerprint density at radius 3 is 2.52 bits per heavy atom. The number of halogens is 1. The summed E-state index contributed by atoms with van der Waals surface area (Å²) in [6.45, 7) is 4.15. The van der Waals surface area contributed by atoms with E-state index in [-0.39, 0.29) is 29.4 Å². The van der Waals surface area contributed by atoms with Crippen LogP contribution in [0, 0.1) is 5.92 Å². The van der Waals surface area contributed by atoms with Crippen molar-refractivity contribution in [2.24, 2.45) is 5.92 Å². The predicted molar refractivity (Wildman–Crippen MR) is 119 cm³/mol. The summed E-state index contributed by atoms with van der Waals surface area (Å²) in [5.74, 6) is 1.03. The minimum atomic E-state index is -0.426. The van der Waals surface area contributed by atoms with Crippen LogP contribution in [0.3, 0.4) is 0 Å². The lowest BCUT2D eigenvalue weighted by Gasteiger charge is -2.14. The standard InChI is InChI=1S/C23H24ClNO6/c1-13(2)11-25-20(26)12-30-23-21(27)16-10-15(24)6-8-17(16)31-22(23)14-5-7-18(28-3)19(9-14)29-4/h5-10,13H,11-12H2,1-4H3,(H,25,26). The number of hydrogen-bond acceptors (Lipinski definition) is 6. The van der Waals surface area contributed by atoms with Crippen LogP contribution in [0.2, 0.25) is 5.02 Å². The Morgan fingerprint density at radius 2 is 1.84 bits per heavy atom. The number of amides is 1. The molecule has 0 aliphatic heterocycles. The highest BCUT2D eigenvalue weighted by Crippen LogP contribution is 2.37. The topological polar surface area (TPSA) is 87.0 Å². The first-order valence-corrected chi connectivity index (χ1v) is 10.1. The lowest BCUT2D eigenvalue weighted by atomic mass is 10.1. The van der Waals surface area contributed by atoms with Crippen LogP contribution < -0.4 is 25.0 Å². The number of rotatable bonds is 8. The summed E-state index contributed by atoms with van der Waals surface area (Å²) in [5, 5.41) is 3.40. The molecule has 0 fully saturated rings. The fraction of sp³-hybridized carbons (Fsp3) is 0.304. The van der Waals surface area contributed by atoms with Gasteiger partial charge >= 0.3 is 0 Å². The Bertz CT molecular complexity index is 1150. The van der Waals surface area contributed by atoms with E-state index >= 15 is 0 Å². The van der Waals surface area contributed by atoms with Crippen molar-refractivity contribution in [3.05, 3.63) is 51.6 Å². The third-order valence-electron chi connectivity index (χ3n) is 4.51. The van der Waals surface area contributed by atoms with E-state index in [1.807, 2.05) is 13.8 Å². The highest BCUT2D eigenvalue weighted by molar-refractivity contribution is 6.31. The van der Waals surface area contributed by atoms with Crippen LogP contribution in [0.4, 0.5) is 0 Å². The lowest BCUT2D eigenvalue weighted by Crippen LogP contribution is -2.32. The van der Waals surface area contributed by atoms with Crippen LogP contribution in [0.15, 0.2) is 45.6 Å². The number of ether oxygens (including phenoxy) is 3. The molecule has 1 heterocycles. The Labute approximate surface area is 184 Å². The molecule has 7 nitrogen and oxygen atoms in total. The summed E-state index contributed by atoms with van der Waals surface area (Å²) >= 11 is 6.06. The first-order chi connectivity index (χ1) is 14.8. The molecule has 0 bridgehead atoms. The lowest BCUT2D eigenvalue weighted by molar-refractivity contribution is -0.123. The van der Waals surface area contributed by atoms with E-state index in [0.717, 1.165) is 0 Å². The second-order valence-electron chi connectivity index (χ2n) is 7.29. The monoisotopic (exact) mass is 445 g/mol. The van der Waals surface area contributed by atoms with Crippen LogP contribution in [0.1, 0.15) is 13.8 Å². The van der Waals surface area contributed by atoms with Crippen LogP contribution in [-0.4, -0.2) is 33.3 Å². The molecular weight excluding hydrogens is 422 g/mol. The molecule has 0 saturated carbocycles. The van der Waals surface area contributed by atoms with Crippen molar-refractivity contribution in [2.45, 2.75) is 13.8 Å². The maximum absolute atomic E-state index is 13.2. The van der Waals surface area contributed by atoms with Crippen molar-refractivity contribution in [2.75, 3.05) is 27.4 Å². The van der Waals surface area contributed by atoms with E-state index < -0.39 is 5.43 Å². The molecule has 0 unspecified atom stereocenters. The highest BCUT2D eigenvalue weighted by Gasteiger charge is 2.20. The SMILES string of the molecule is COc1ccc(-c2oc3ccc(Cl)cc3c(=O)c2OCC(=O)NCC(C)C)cc1OC. The quantitative estimate of drug-likeness (QED) is 0.556. The molecule has 0 atom stereocenters. The fourth-order valence-corrected chi connectivity index (χ4v) is 3.13. The van der Waals surface area contributed by atoms with Crippen molar-refractivity contribution in [3.8, 4) is 28.6 Å². The third kappa shape index (κ3) is 5.11. The summed E-state index contributed by atoms with van der Waals surface area (Å²) < 4.78 is 22.3. The normalized spacial score (nSPS) is 10.9. The molecule has 0 spiro atoms. The van der Waals surface area contributed by atoms with Crippen molar-refractivity contribution in [3.63, 3.8) is 0 Å². The Morgan fingerprint density at radius 1 is 1.10 bits per heavy atom. The van der Waals surface area contributed by atoms with E-state index in [9.17, 15) is 9.59 Å². The summed E-state index contributed by atoms with van der Waals surface area (Å²) in [4.78, 5) is 25.4. The molecule has 3 aromatic rings. The molecule has 1 N–H and O–H groups in total. The molecule has 0 aliphatic carbocycles. The number of hydrogen-bond donors (Lipinski definition) is 1. The first-order valence-electron chi connectivity index (χ1n) is 9.72. The van der Waals surface area contributed by atoms with Crippen molar-refractivity contribution < 1.29 is 23.4 Å². The van der Waals surface area contributed by atoms with Gasteiger partial charge in [0, 0.05) is 17.1 Å². The van der Waals surface area contributed by atoms with E-state index in [1.165, 1.54) is 20.3 Å². The fourth-order valence-electron chi connectivity index (χ4n) is 2.96. The minimum Gasteiger partial charge on any atom is -0.493 e. The Kier molecular flexibility index (Phi) is 7.07. The van der Waals surface area contributed by atoms with Gasteiger partial charge < -0.3 is 23.9 Å². The van der Waals surface area contributed by atoms with Crippen LogP contribution >= 0.6 is 11.6 Å². The van der Waals surface area contributed by atoms with E-state index in [2.05, 4.69) is 5.32 Å². The molecule has 164 valence electrons. The number of benzene rings is 2. The van der Waals surface area contributed by atoms with Crippen LogP contribution in [-0.2, 0) is 4.79 Å². The molecule has 31 heavy (non-hydrogen) atoms. The predicted octanol–water partition coefficient (Wildman–Crippen LogP) is 4.28. The average molecular weight is 446 g/mol. The molecule has 1 aromatic heterocycles. The zero-order valence-corrected chi connectivity index (χ0v) is 18.5. The van der Waals surface area contributed by atoms with Gasteiger partial charge in [-0.1, -0.05) is 25.4 Å². The average Bonchev–Trinajstić information content (AvgIpc) is 2.76. The highest BCUT2D eigenvalue weighted by atomic mass is 35.5. The number of methoxy groups -OCH3 is 2. The van der Waals surface area contributed by atoms with Crippen molar-refractivity contribution in [1.29, 1.82) is 0 Å². The smallest absolute Gasteiger partial charge is 0.257 e. The molecule has 0 saturated heterocycles. The maximum Gasteiger partial charge on any atom is 0.257 e. The minimum absolute atomic E-state index is 0.0818. The van der Waals surface area contributed by atoms with Gasteiger partial charge in [0.15, 0.2) is 23.9 Å². The zero-order chi connectivity index (χ0) is 22.5. The number of carbonyl (C=O) groups excluding carboxylic acids is 1. The molecule has 1 amide bonds. The van der Waals surface area contributed by atoms with Gasteiger partial charge in [0.25, 0.3) is 5.91 Å². The molecule has 0 radical (unpaired) electrons. The molecule has 0 aliphatic rings. The van der Waals surface area contributed by atoms with Gasteiger partial charge in [0.1, 0.15) is 5.58 Å². The molecular formula is C23H24ClNO6. The van der Waals surface area contributed by atoms with Crippen LogP contribution in [0.25, 0.3) is 22.3 Å². The van der Waals surface area contributed by atoms with Crippen LogP contribution in [0.5, 0.6) is 17.2 Å². The van der Waals surface area contributed by atoms with Gasteiger partial charge in [-0.15, -0.1) is 0 Å². The summed E-state index contributed by atoms with van der Waals surface area (Å²) in [7, 11) is 3.04. The second-order valence-corrected chi connectivity index (χ2v) is 7.72. The maximum atomic E-state index is 13.2. The molecule has 3 rings (SSSR count). The largest absolute Gasteiger partial charge is 0.493 e. The number of carbonyl (C=O) groups is 1. The first kappa shape index (κ1) is 22.5. The third-order valence-corrected chi connectivity index (χ3v) is 4.75. The van der Waals surface area contributed by atoms with Gasteiger partial charge in [-0.3, -0.25) is 9.59 Å². The van der Waals surface area contributed by atoms with Gasteiger partial charge in [0.2, 0.25) is 11.2 Å². The van der Waals surface area contributed by atoms with Gasteiger partial charge in [-0.25, -0.2) is 0 Å². The van der Waals surface area contributed by atoms with E-state index in [1.54, 1.807) is 30.3 Å². The van der Waals surface area contributed by atoms with E-state index in [0.29, 0.717) is 40.1 Å². The Balaban J connectivity index is 2.09. The van der Waals surface area contributed by atoms with E-state index in [4.69, 9.17) is 30.2 Å². The molecule has 2 aromatic carbocycles. The summed E-state index contributed by atoms with van der Waals surface area (Å²) in [6.07, 6.45) is 0. The van der Waals surface area contributed by atoms with Crippen molar-refractivity contribution >= 4 is 28.5 Å². The Hall–Kier alpha value is -3.19. The summed E-state index contributed by atoms with van der Waals surface area (Å²) in [5.41, 5.74) is 0.449. The van der Waals surface area contributed by atoms with Gasteiger partial charge in [0.05, 0.1) is 19.6 Å². The number of fused-ring (bicyclic) bond motifs is 1. The number of nitrogens with one attached hydrogen (secondary N) is 1. The van der Waals surface area contributed by atoms with Gasteiger partial charge in [-0.05, 0) is 42.3 Å². The zero-order valence-electron chi connectivity index (χ0n) is 17.8.